The van der Waals surface area contributed by atoms with Gasteiger partial charge in [0, 0.05) is 27.8 Å². The molecule has 0 saturated heterocycles. The second-order valence-corrected chi connectivity index (χ2v) is 10.5. The Labute approximate surface area is 266 Å². The quantitative estimate of drug-likeness (QED) is 0.104. The lowest BCUT2D eigenvalue weighted by atomic mass is 9.58. The number of benzene rings is 5. The van der Waals surface area contributed by atoms with Crippen LogP contribution >= 0.6 is 0 Å². The number of carbonyl (C=O) groups is 5. The third-order valence-corrected chi connectivity index (χ3v) is 7.89. The lowest BCUT2D eigenvalue weighted by molar-refractivity contribution is 0.0423. The summed E-state index contributed by atoms with van der Waals surface area (Å²) in [4.78, 5) is 74.7. The number of carbonyl (C=O) groups excluding carboxylic acids is 5. The van der Waals surface area contributed by atoms with Crippen LogP contribution in [0, 0.1) is 11.3 Å². The Morgan fingerprint density at radius 1 is 0.413 bits per heavy atom. The molecule has 7 nitrogen and oxygen atoms in total. The predicted molar refractivity (Wildman–Crippen MR) is 173 cm³/mol. The maximum atomic E-state index is 15.0. The average molecular weight is 611 g/mol. The van der Waals surface area contributed by atoms with Gasteiger partial charge in [-0.15, -0.1) is 0 Å². The van der Waals surface area contributed by atoms with Crippen molar-refractivity contribution in [3.05, 3.63) is 167 Å². The van der Waals surface area contributed by atoms with E-state index in [0.29, 0.717) is 11.5 Å². The van der Waals surface area contributed by atoms with Crippen molar-refractivity contribution in [1.82, 2.24) is 0 Å². The van der Waals surface area contributed by atoms with Crippen LogP contribution in [-0.4, -0.2) is 43.1 Å². The summed E-state index contributed by atoms with van der Waals surface area (Å²) in [6.45, 7) is 0. The van der Waals surface area contributed by atoms with Crippen LogP contribution in [0.15, 0.2) is 140 Å². The molecule has 0 aliphatic carbocycles. The summed E-state index contributed by atoms with van der Waals surface area (Å²) in [6.07, 6.45) is 0. The Balaban J connectivity index is 1.89. The van der Waals surface area contributed by atoms with Crippen molar-refractivity contribution in [3.63, 3.8) is 0 Å². The van der Waals surface area contributed by atoms with E-state index < -0.39 is 40.2 Å². The van der Waals surface area contributed by atoms with Crippen LogP contribution in [0.4, 0.5) is 0 Å². The molecule has 5 rings (SSSR count). The van der Waals surface area contributed by atoms with Crippen molar-refractivity contribution >= 4 is 28.9 Å². The molecule has 228 valence electrons. The summed E-state index contributed by atoms with van der Waals surface area (Å²) in [5, 5.41) is 0. The first-order chi connectivity index (χ1) is 22.3. The van der Waals surface area contributed by atoms with Gasteiger partial charge in [-0.05, 0) is 48.5 Å². The minimum Gasteiger partial charge on any atom is -0.497 e. The molecule has 0 saturated carbocycles. The van der Waals surface area contributed by atoms with Gasteiger partial charge >= 0.3 is 0 Å². The van der Waals surface area contributed by atoms with Crippen molar-refractivity contribution in [3.8, 4) is 11.5 Å². The molecular formula is C39H30O7. The molecule has 0 N–H and O–H groups in total. The standard InChI is InChI=1S/C39H30O7/c1-45-31-22-18-26(19-23-31)34(40)33(35(41)27-20-24-32(46-2)25-21-27)39(36(42)28-12-6-3-7-13-28,37(43)29-14-8-4-9-15-29)38(44)30-16-10-5-11-17-30/h3-25,33H,1-2H3. The fourth-order valence-corrected chi connectivity index (χ4v) is 5.51. The maximum absolute atomic E-state index is 15.0. The number of hydrogen-bond donors (Lipinski definition) is 0. The first-order valence-electron chi connectivity index (χ1n) is 14.5. The average Bonchev–Trinajstić information content (AvgIpc) is 3.13. The monoisotopic (exact) mass is 610 g/mol. The van der Waals surface area contributed by atoms with Gasteiger partial charge in [0.15, 0.2) is 34.3 Å². The molecule has 0 amide bonds. The smallest absolute Gasteiger partial charge is 0.185 e. The van der Waals surface area contributed by atoms with Crippen molar-refractivity contribution in [2.45, 2.75) is 0 Å². The van der Waals surface area contributed by atoms with Gasteiger partial charge in [0.25, 0.3) is 0 Å². The molecule has 5 aromatic rings. The predicted octanol–water partition coefficient (Wildman–Crippen LogP) is 7.02. The van der Waals surface area contributed by atoms with E-state index in [9.17, 15) is 9.59 Å². The zero-order valence-electron chi connectivity index (χ0n) is 25.2. The number of methoxy groups -OCH3 is 2. The van der Waals surface area contributed by atoms with E-state index in [0.717, 1.165) is 0 Å². The molecule has 0 spiro atoms. The van der Waals surface area contributed by atoms with E-state index in [1.54, 1.807) is 54.6 Å². The number of ether oxygens (including phenoxy) is 2. The largest absolute Gasteiger partial charge is 0.497 e. The number of hydrogen-bond acceptors (Lipinski definition) is 7. The summed E-state index contributed by atoms with van der Waals surface area (Å²) in [7, 11) is 2.93. The van der Waals surface area contributed by atoms with Crippen molar-refractivity contribution in [2.75, 3.05) is 14.2 Å². The number of ketones is 5. The lowest BCUT2D eigenvalue weighted by Gasteiger charge is -2.36. The van der Waals surface area contributed by atoms with E-state index in [1.165, 1.54) is 99.1 Å². The molecule has 0 aromatic heterocycles. The van der Waals surface area contributed by atoms with Crippen LogP contribution in [-0.2, 0) is 0 Å². The van der Waals surface area contributed by atoms with Crippen LogP contribution in [0.25, 0.3) is 0 Å². The SMILES string of the molecule is COc1ccc(C(=O)C(C(=O)c2ccc(OC)cc2)C(C(=O)c2ccccc2)(C(=O)c2ccccc2)C(=O)c2ccccc2)cc1. The Morgan fingerprint density at radius 2 is 0.696 bits per heavy atom. The molecule has 0 heterocycles. The third-order valence-electron chi connectivity index (χ3n) is 7.89. The van der Waals surface area contributed by atoms with Crippen LogP contribution in [0.5, 0.6) is 11.5 Å². The normalized spacial score (nSPS) is 11.0. The highest BCUT2D eigenvalue weighted by Crippen LogP contribution is 2.43. The zero-order chi connectivity index (χ0) is 32.7. The van der Waals surface area contributed by atoms with Gasteiger partial charge in [-0.3, -0.25) is 24.0 Å². The van der Waals surface area contributed by atoms with E-state index in [2.05, 4.69) is 0 Å². The Morgan fingerprint density at radius 3 is 0.957 bits per heavy atom. The van der Waals surface area contributed by atoms with E-state index in [4.69, 9.17) is 9.47 Å². The molecule has 0 atom stereocenters. The van der Waals surface area contributed by atoms with Gasteiger partial charge in [0.2, 0.25) is 0 Å². The van der Waals surface area contributed by atoms with E-state index >= 15 is 14.4 Å². The zero-order valence-corrected chi connectivity index (χ0v) is 25.2. The minimum absolute atomic E-state index is 0.00822. The molecule has 0 radical (unpaired) electrons. The summed E-state index contributed by atoms with van der Waals surface area (Å²) in [6, 6.07) is 35.2. The van der Waals surface area contributed by atoms with Crippen LogP contribution in [0.3, 0.4) is 0 Å². The molecule has 0 unspecified atom stereocenters. The number of Topliss-reactive ketones (excluding diaryl/α,β-unsaturated/α-hetero) is 5. The van der Waals surface area contributed by atoms with Gasteiger partial charge in [-0.1, -0.05) is 91.0 Å². The van der Waals surface area contributed by atoms with Crippen LogP contribution in [0.1, 0.15) is 51.8 Å². The molecule has 0 aliphatic heterocycles. The highest BCUT2D eigenvalue weighted by Gasteiger charge is 2.63. The Kier molecular flexibility index (Phi) is 9.43. The molecule has 0 fully saturated rings. The highest BCUT2D eigenvalue weighted by atomic mass is 16.5. The molecule has 5 aromatic carbocycles. The Bertz CT molecular complexity index is 1680. The second kappa shape index (κ2) is 13.8. The van der Waals surface area contributed by atoms with E-state index in [-0.39, 0.29) is 27.8 Å². The molecule has 0 bridgehead atoms. The fourth-order valence-electron chi connectivity index (χ4n) is 5.51. The van der Waals surface area contributed by atoms with E-state index in [1.807, 2.05) is 0 Å². The molecular weight excluding hydrogens is 580 g/mol. The van der Waals surface area contributed by atoms with Crippen LogP contribution < -0.4 is 9.47 Å². The highest BCUT2D eigenvalue weighted by molar-refractivity contribution is 6.41. The van der Waals surface area contributed by atoms with Crippen molar-refractivity contribution < 1.29 is 33.4 Å². The fraction of sp³-hybridized carbons (Fsp3) is 0.103. The van der Waals surface area contributed by atoms with Crippen LogP contribution in [0.2, 0.25) is 0 Å². The third kappa shape index (κ3) is 5.90. The van der Waals surface area contributed by atoms with Gasteiger partial charge in [0.05, 0.1) is 14.2 Å². The van der Waals surface area contributed by atoms with Gasteiger partial charge in [-0.25, -0.2) is 0 Å². The molecule has 7 heteroatoms. The van der Waals surface area contributed by atoms with Gasteiger partial charge in [0.1, 0.15) is 17.4 Å². The molecule has 46 heavy (non-hydrogen) atoms. The lowest BCUT2D eigenvalue weighted by Crippen LogP contribution is -2.57. The van der Waals surface area contributed by atoms with Crippen molar-refractivity contribution in [1.29, 1.82) is 0 Å². The van der Waals surface area contributed by atoms with Gasteiger partial charge in [-0.2, -0.15) is 0 Å². The first-order valence-corrected chi connectivity index (χ1v) is 14.5. The summed E-state index contributed by atoms with van der Waals surface area (Å²) < 4.78 is 10.5. The van der Waals surface area contributed by atoms with Gasteiger partial charge < -0.3 is 9.47 Å². The maximum Gasteiger partial charge on any atom is 0.185 e. The first kappa shape index (κ1) is 31.5. The topological polar surface area (TPSA) is 104 Å². The molecule has 0 aliphatic rings. The minimum atomic E-state index is -2.84. The summed E-state index contributed by atoms with van der Waals surface area (Å²) in [5.41, 5.74) is -2.83. The Hall–Kier alpha value is -5.95. The summed E-state index contributed by atoms with van der Waals surface area (Å²) in [5.74, 6) is -5.85. The summed E-state index contributed by atoms with van der Waals surface area (Å²) >= 11 is 0. The van der Waals surface area contributed by atoms with Crippen molar-refractivity contribution in [2.24, 2.45) is 11.3 Å². The second-order valence-electron chi connectivity index (χ2n) is 10.5. The number of rotatable bonds is 13.